The molecule has 2 N–H and O–H groups in total. The van der Waals surface area contributed by atoms with E-state index in [1.165, 1.54) is 16.8 Å². The molecule has 2 aromatic carbocycles. The van der Waals surface area contributed by atoms with Gasteiger partial charge in [-0.15, -0.1) is 0 Å². The molecular weight excluding hydrogens is 334 g/mol. The van der Waals surface area contributed by atoms with Gasteiger partial charge >= 0.3 is 0 Å². The van der Waals surface area contributed by atoms with Crippen molar-refractivity contribution in [3.8, 4) is 0 Å². The average Bonchev–Trinajstić information content (AvgIpc) is 2.70. The maximum absolute atomic E-state index is 4.57. The normalized spacial score (nSPS) is 10.5. The smallest absolute Gasteiger partial charge is 0.229 e. The van der Waals surface area contributed by atoms with Crippen LogP contribution in [0.4, 0.5) is 23.1 Å². The molecule has 0 unspecified atom stereocenters. The lowest BCUT2D eigenvalue weighted by atomic mass is 10.1. The van der Waals surface area contributed by atoms with Crippen LogP contribution in [0.3, 0.4) is 0 Å². The van der Waals surface area contributed by atoms with E-state index >= 15 is 0 Å². The molecule has 0 aliphatic heterocycles. The number of anilines is 4. The molecule has 3 aromatic rings. The molecule has 5 nitrogen and oxygen atoms in total. The summed E-state index contributed by atoms with van der Waals surface area (Å²) in [6.45, 7) is 9.18. The van der Waals surface area contributed by atoms with Crippen molar-refractivity contribution < 1.29 is 0 Å². The molecule has 0 amide bonds. The second-order valence-corrected chi connectivity index (χ2v) is 6.40. The first-order valence-electron chi connectivity index (χ1n) is 9.43. The van der Waals surface area contributed by atoms with E-state index < -0.39 is 0 Å². The molecule has 140 valence electrons. The summed E-state index contributed by atoms with van der Waals surface area (Å²) in [7, 11) is 0. The Morgan fingerprint density at radius 2 is 1.74 bits per heavy atom. The van der Waals surface area contributed by atoms with Gasteiger partial charge in [-0.05, 0) is 56.2 Å². The molecule has 0 aliphatic carbocycles. The molecule has 0 fully saturated rings. The summed E-state index contributed by atoms with van der Waals surface area (Å²) >= 11 is 0. The van der Waals surface area contributed by atoms with Crippen molar-refractivity contribution in [2.75, 3.05) is 28.6 Å². The zero-order valence-corrected chi connectivity index (χ0v) is 16.2. The van der Waals surface area contributed by atoms with E-state index in [1.54, 1.807) is 6.20 Å². The summed E-state index contributed by atoms with van der Waals surface area (Å²) in [4.78, 5) is 11.3. The molecule has 0 bridgehead atoms. The summed E-state index contributed by atoms with van der Waals surface area (Å²) < 4.78 is 0. The Hall–Kier alpha value is -3.08. The Morgan fingerprint density at radius 3 is 2.44 bits per heavy atom. The van der Waals surface area contributed by atoms with Gasteiger partial charge in [0.1, 0.15) is 5.82 Å². The Morgan fingerprint density at radius 1 is 0.963 bits per heavy atom. The molecule has 5 heteroatoms. The number of nitrogens with one attached hydrogen (secondary N) is 2. The van der Waals surface area contributed by atoms with E-state index in [-0.39, 0.29) is 0 Å². The summed E-state index contributed by atoms with van der Waals surface area (Å²) in [5.74, 6) is 1.39. The lowest BCUT2D eigenvalue weighted by molar-refractivity contribution is 0.866. The molecule has 0 saturated heterocycles. The van der Waals surface area contributed by atoms with Crippen molar-refractivity contribution in [3.63, 3.8) is 0 Å². The van der Waals surface area contributed by atoms with Crippen LogP contribution in [0.5, 0.6) is 0 Å². The SMILES string of the molecule is CCN(CC)c1ccc(Nc2nccc(NCc3ccccc3)n2)c(C)c1. The monoisotopic (exact) mass is 361 g/mol. The summed E-state index contributed by atoms with van der Waals surface area (Å²) in [6.07, 6.45) is 1.77. The first kappa shape index (κ1) is 18.7. The minimum absolute atomic E-state index is 0.590. The number of aryl methyl sites for hydroxylation is 1. The average molecular weight is 361 g/mol. The zero-order chi connectivity index (χ0) is 19.1. The number of rotatable bonds is 8. The zero-order valence-electron chi connectivity index (χ0n) is 16.2. The van der Waals surface area contributed by atoms with Crippen molar-refractivity contribution in [2.45, 2.75) is 27.3 Å². The highest BCUT2D eigenvalue weighted by molar-refractivity contribution is 5.64. The van der Waals surface area contributed by atoms with E-state index in [0.717, 1.165) is 31.1 Å². The summed E-state index contributed by atoms with van der Waals surface area (Å²) in [5, 5.41) is 6.68. The van der Waals surface area contributed by atoms with Gasteiger partial charge in [-0.1, -0.05) is 30.3 Å². The Labute approximate surface area is 161 Å². The van der Waals surface area contributed by atoms with Crippen LogP contribution in [0.15, 0.2) is 60.8 Å². The first-order valence-corrected chi connectivity index (χ1v) is 9.43. The van der Waals surface area contributed by atoms with Gasteiger partial charge in [0.05, 0.1) is 0 Å². The van der Waals surface area contributed by atoms with Gasteiger partial charge in [0.25, 0.3) is 0 Å². The number of hydrogen-bond donors (Lipinski definition) is 2. The third-order valence-corrected chi connectivity index (χ3v) is 4.56. The molecule has 27 heavy (non-hydrogen) atoms. The first-order chi connectivity index (χ1) is 13.2. The van der Waals surface area contributed by atoms with Crippen molar-refractivity contribution in [2.24, 2.45) is 0 Å². The van der Waals surface area contributed by atoms with Crippen LogP contribution in [0.1, 0.15) is 25.0 Å². The topological polar surface area (TPSA) is 53.1 Å². The Bertz CT molecular complexity index is 860. The fourth-order valence-electron chi connectivity index (χ4n) is 3.00. The number of aromatic nitrogens is 2. The third-order valence-electron chi connectivity index (χ3n) is 4.56. The van der Waals surface area contributed by atoms with Crippen molar-refractivity contribution >= 4 is 23.1 Å². The molecule has 0 radical (unpaired) electrons. The van der Waals surface area contributed by atoms with Gasteiger partial charge in [-0.25, -0.2) is 4.98 Å². The van der Waals surface area contributed by atoms with E-state index in [2.05, 4.69) is 76.6 Å². The van der Waals surface area contributed by atoms with Crippen molar-refractivity contribution in [1.29, 1.82) is 0 Å². The molecule has 1 heterocycles. The second kappa shape index (κ2) is 9.03. The van der Waals surface area contributed by atoms with Gasteiger partial charge in [-0.3, -0.25) is 0 Å². The fourth-order valence-corrected chi connectivity index (χ4v) is 3.00. The lowest BCUT2D eigenvalue weighted by Crippen LogP contribution is -2.21. The highest BCUT2D eigenvalue weighted by atomic mass is 15.1. The van der Waals surface area contributed by atoms with Crippen LogP contribution < -0.4 is 15.5 Å². The number of nitrogens with zero attached hydrogens (tertiary/aromatic N) is 3. The Balaban J connectivity index is 1.69. The van der Waals surface area contributed by atoms with Gasteiger partial charge in [-0.2, -0.15) is 4.98 Å². The van der Waals surface area contributed by atoms with Gasteiger partial charge in [0, 0.05) is 37.2 Å². The predicted molar refractivity (Wildman–Crippen MR) is 114 cm³/mol. The number of benzene rings is 2. The van der Waals surface area contributed by atoms with Crippen LogP contribution in [-0.2, 0) is 6.54 Å². The van der Waals surface area contributed by atoms with Crippen molar-refractivity contribution in [3.05, 3.63) is 71.9 Å². The molecule has 1 aromatic heterocycles. The predicted octanol–water partition coefficient (Wildman–Crippen LogP) is 4.99. The maximum atomic E-state index is 4.57. The summed E-state index contributed by atoms with van der Waals surface area (Å²) in [5.41, 5.74) is 4.65. The van der Waals surface area contributed by atoms with E-state index in [4.69, 9.17) is 0 Å². The fraction of sp³-hybridized carbons (Fsp3) is 0.273. The molecule has 0 aliphatic rings. The second-order valence-electron chi connectivity index (χ2n) is 6.40. The van der Waals surface area contributed by atoms with E-state index in [9.17, 15) is 0 Å². The quantitative estimate of drug-likeness (QED) is 0.592. The molecule has 3 rings (SSSR count). The van der Waals surface area contributed by atoms with Crippen LogP contribution in [-0.4, -0.2) is 23.1 Å². The molecule has 0 saturated carbocycles. The number of hydrogen-bond acceptors (Lipinski definition) is 5. The van der Waals surface area contributed by atoms with E-state index in [0.29, 0.717) is 5.95 Å². The van der Waals surface area contributed by atoms with Gasteiger partial charge < -0.3 is 15.5 Å². The standard InChI is InChI=1S/C22H27N5/c1-4-27(5-2)19-11-12-20(17(3)15-19)25-22-23-14-13-21(26-22)24-16-18-9-7-6-8-10-18/h6-15H,4-5,16H2,1-3H3,(H2,23,24,25,26). The maximum Gasteiger partial charge on any atom is 0.229 e. The van der Waals surface area contributed by atoms with Crippen LogP contribution >= 0.6 is 0 Å². The highest BCUT2D eigenvalue weighted by Gasteiger charge is 2.07. The summed E-state index contributed by atoms with van der Waals surface area (Å²) in [6, 6.07) is 18.6. The minimum atomic E-state index is 0.590. The third kappa shape index (κ3) is 4.97. The van der Waals surface area contributed by atoms with Crippen molar-refractivity contribution in [1.82, 2.24) is 9.97 Å². The van der Waals surface area contributed by atoms with Crippen LogP contribution in [0, 0.1) is 6.92 Å². The van der Waals surface area contributed by atoms with Crippen LogP contribution in [0.2, 0.25) is 0 Å². The molecule has 0 atom stereocenters. The molecular formula is C22H27N5. The van der Waals surface area contributed by atoms with E-state index in [1.807, 2.05) is 24.3 Å². The highest BCUT2D eigenvalue weighted by Crippen LogP contribution is 2.24. The molecule has 0 spiro atoms. The minimum Gasteiger partial charge on any atom is -0.372 e. The lowest BCUT2D eigenvalue weighted by Gasteiger charge is -2.22. The van der Waals surface area contributed by atoms with Gasteiger partial charge in [0.15, 0.2) is 0 Å². The van der Waals surface area contributed by atoms with Crippen LogP contribution in [0.25, 0.3) is 0 Å². The Kier molecular flexibility index (Phi) is 6.26. The van der Waals surface area contributed by atoms with Gasteiger partial charge in [0.2, 0.25) is 5.95 Å². The largest absolute Gasteiger partial charge is 0.372 e.